The fourth-order valence-corrected chi connectivity index (χ4v) is 3.74. The number of hydrogen-bond donors (Lipinski definition) is 1. The number of fused-ring (bicyclic) bond motifs is 3. The molecule has 156 valence electrons. The summed E-state index contributed by atoms with van der Waals surface area (Å²) in [5, 5.41) is 12.7. The minimum atomic E-state index is -0.245. The van der Waals surface area contributed by atoms with E-state index in [9.17, 15) is 9.59 Å². The van der Waals surface area contributed by atoms with Crippen molar-refractivity contribution in [3.8, 4) is 0 Å². The molecule has 1 aromatic carbocycles. The van der Waals surface area contributed by atoms with Crippen LogP contribution < -0.4 is 11.0 Å². The first kappa shape index (κ1) is 19.8. The number of aromatic nitrogens is 6. The number of carbonyl (C=O) groups excluding carboxylic acids is 1. The minimum absolute atomic E-state index is 0.103. The first-order valence-corrected chi connectivity index (χ1v) is 9.99. The molecule has 4 aromatic rings. The lowest BCUT2D eigenvalue weighted by Crippen LogP contribution is -2.38. The van der Waals surface area contributed by atoms with Crippen molar-refractivity contribution >= 4 is 22.5 Å². The van der Waals surface area contributed by atoms with Crippen LogP contribution in [0.1, 0.15) is 30.6 Å². The fraction of sp³-hybridized carbons (Fsp3) is 0.381. The minimum Gasteiger partial charge on any atom is -0.352 e. The van der Waals surface area contributed by atoms with E-state index < -0.39 is 0 Å². The van der Waals surface area contributed by atoms with E-state index in [0.29, 0.717) is 24.6 Å². The normalized spacial score (nSPS) is 12.5. The summed E-state index contributed by atoms with van der Waals surface area (Å²) in [5.74, 6) is 1.37. The van der Waals surface area contributed by atoms with Gasteiger partial charge in [-0.3, -0.25) is 4.79 Å². The molecule has 1 amide bonds. The van der Waals surface area contributed by atoms with E-state index in [2.05, 4.69) is 20.5 Å². The SMILES string of the molecule is Cc1nc(C)n(CCC(=O)NC(C)Cn2nc3c(C)cc4ccccc4n3c2=O)n1. The summed E-state index contributed by atoms with van der Waals surface area (Å²) in [6.45, 7) is 8.25. The van der Waals surface area contributed by atoms with Gasteiger partial charge in [-0.25, -0.2) is 23.5 Å². The van der Waals surface area contributed by atoms with E-state index in [1.165, 1.54) is 4.68 Å². The van der Waals surface area contributed by atoms with Crippen LogP contribution >= 0.6 is 0 Å². The van der Waals surface area contributed by atoms with Crippen LogP contribution in [-0.4, -0.2) is 40.9 Å². The molecule has 0 bridgehead atoms. The second kappa shape index (κ2) is 7.74. The lowest BCUT2D eigenvalue weighted by Gasteiger charge is -2.13. The van der Waals surface area contributed by atoms with Crippen LogP contribution in [0.25, 0.3) is 16.6 Å². The molecule has 3 heterocycles. The van der Waals surface area contributed by atoms with Crippen molar-refractivity contribution in [3.63, 3.8) is 0 Å². The Morgan fingerprint density at radius 1 is 1.13 bits per heavy atom. The van der Waals surface area contributed by atoms with Crippen LogP contribution in [0.5, 0.6) is 0 Å². The maximum absolute atomic E-state index is 13.0. The Bertz CT molecular complexity index is 1300. The molecule has 0 radical (unpaired) electrons. The third-order valence-electron chi connectivity index (χ3n) is 5.11. The highest BCUT2D eigenvalue weighted by molar-refractivity contribution is 5.83. The largest absolute Gasteiger partial charge is 0.352 e. The lowest BCUT2D eigenvalue weighted by molar-refractivity contribution is -0.122. The second-order valence-electron chi connectivity index (χ2n) is 7.66. The van der Waals surface area contributed by atoms with Crippen molar-refractivity contribution in [2.24, 2.45) is 0 Å². The smallest absolute Gasteiger partial charge is 0.350 e. The lowest BCUT2D eigenvalue weighted by atomic mass is 10.1. The van der Waals surface area contributed by atoms with Crippen LogP contribution in [-0.2, 0) is 17.9 Å². The average Bonchev–Trinajstić information content (AvgIpc) is 3.19. The molecule has 3 aromatic heterocycles. The molecule has 1 atom stereocenters. The van der Waals surface area contributed by atoms with Gasteiger partial charge < -0.3 is 5.32 Å². The van der Waals surface area contributed by atoms with Gasteiger partial charge in [-0.15, -0.1) is 5.10 Å². The molecule has 1 unspecified atom stereocenters. The number of amides is 1. The molecular weight excluding hydrogens is 382 g/mol. The summed E-state index contributed by atoms with van der Waals surface area (Å²) in [5.41, 5.74) is 2.18. The van der Waals surface area contributed by atoms with E-state index in [0.717, 1.165) is 22.3 Å². The van der Waals surface area contributed by atoms with Gasteiger partial charge >= 0.3 is 5.69 Å². The van der Waals surface area contributed by atoms with Crippen LogP contribution in [0, 0.1) is 20.8 Å². The Labute approximate surface area is 173 Å². The number of nitrogens with zero attached hydrogens (tertiary/aromatic N) is 6. The zero-order valence-electron chi connectivity index (χ0n) is 17.6. The molecule has 0 saturated heterocycles. The Kier molecular flexibility index (Phi) is 5.11. The molecule has 4 rings (SSSR count). The van der Waals surface area contributed by atoms with Gasteiger partial charge in [0.15, 0.2) is 5.65 Å². The fourth-order valence-electron chi connectivity index (χ4n) is 3.74. The zero-order chi connectivity index (χ0) is 21.4. The molecular formula is C21H25N7O2. The molecule has 9 heteroatoms. The molecule has 0 saturated carbocycles. The Morgan fingerprint density at radius 2 is 1.90 bits per heavy atom. The Morgan fingerprint density at radius 3 is 2.63 bits per heavy atom. The zero-order valence-corrected chi connectivity index (χ0v) is 17.6. The molecule has 0 aliphatic rings. The number of rotatable bonds is 6. The van der Waals surface area contributed by atoms with Gasteiger partial charge in [0, 0.05) is 12.5 Å². The number of carbonyl (C=O) groups is 1. The van der Waals surface area contributed by atoms with Crippen molar-refractivity contribution in [2.75, 3.05) is 0 Å². The van der Waals surface area contributed by atoms with Gasteiger partial charge in [0.2, 0.25) is 5.91 Å². The van der Waals surface area contributed by atoms with E-state index in [4.69, 9.17) is 0 Å². The van der Waals surface area contributed by atoms with Gasteiger partial charge in [0.25, 0.3) is 0 Å². The summed E-state index contributed by atoms with van der Waals surface area (Å²) in [6, 6.07) is 9.53. The van der Waals surface area contributed by atoms with E-state index in [1.54, 1.807) is 9.08 Å². The summed E-state index contributed by atoms with van der Waals surface area (Å²) < 4.78 is 4.78. The average molecular weight is 407 g/mol. The van der Waals surface area contributed by atoms with Gasteiger partial charge in [0.1, 0.15) is 11.6 Å². The van der Waals surface area contributed by atoms with Crippen molar-refractivity contribution < 1.29 is 4.79 Å². The van der Waals surface area contributed by atoms with Gasteiger partial charge in [-0.2, -0.15) is 5.10 Å². The second-order valence-corrected chi connectivity index (χ2v) is 7.66. The third kappa shape index (κ3) is 3.70. The molecule has 30 heavy (non-hydrogen) atoms. The van der Waals surface area contributed by atoms with Crippen molar-refractivity contribution in [3.05, 3.63) is 58.0 Å². The highest BCUT2D eigenvalue weighted by Crippen LogP contribution is 2.18. The number of para-hydroxylation sites is 1. The summed E-state index contributed by atoms with van der Waals surface area (Å²) >= 11 is 0. The van der Waals surface area contributed by atoms with Gasteiger partial charge in [-0.1, -0.05) is 18.2 Å². The van der Waals surface area contributed by atoms with E-state index in [-0.39, 0.29) is 24.1 Å². The number of benzene rings is 1. The number of pyridine rings is 1. The Hall–Kier alpha value is -3.49. The molecule has 1 N–H and O–H groups in total. The van der Waals surface area contributed by atoms with Crippen molar-refractivity contribution in [2.45, 2.75) is 53.2 Å². The molecule has 0 spiro atoms. The topological polar surface area (TPSA) is 99.1 Å². The summed E-state index contributed by atoms with van der Waals surface area (Å²) in [4.78, 5) is 29.6. The first-order valence-electron chi connectivity index (χ1n) is 9.99. The quantitative estimate of drug-likeness (QED) is 0.525. The number of nitrogens with one attached hydrogen (secondary N) is 1. The maximum Gasteiger partial charge on any atom is 0.350 e. The maximum atomic E-state index is 13.0. The van der Waals surface area contributed by atoms with Crippen molar-refractivity contribution in [1.29, 1.82) is 0 Å². The molecule has 0 fully saturated rings. The predicted octanol–water partition coefficient (Wildman–Crippen LogP) is 1.76. The van der Waals surface area contributed by atoms with E-state index >= 15 is 0 Å². The number of aryl methyl sites for hydroxylation is 4. The van der Waals surface area contributed by atoms with Crippen molar-refractivity contribution in [1.82, 2.24) is 34.3 Å². The molecule has 0 aliphatic carbocycles. The first-order chi connectivity index (χ1) is 14.3. The highest BCUT2D eigenvalue weighted by atomic mass is 16.2. The summed E-state index contributed by atoms with van der Waals surface area (Å²) in [6.07, 6.45) is 0.289. The van der Waals surface area contributed by atoms with Crippen LogP contribution in [0.15, 0.2) is 35.1 Å². The standard InChI is InChI=1S/C21H25N7O2/c1-13-11-17-7-5-6-8-18(17)28-20(13)25-27(21(28)30)12-14(2)22-19(29)9-10-26-16(4)23-15(3)24-26/h5-8,11,14H,9-10,12H2,1-4H3,(H,22,29). The monoisotopic (exact) mass is 407 g/mol. The highest BCUT2D eigenvalue weighted by Gasteiger charge is 2.16. The van der Waals surface area contributed by atoms with Crippen LogP contribution in [0.2, 0.25) is 0 Å². The molecule has 0 aliphatic heterocycles. The summed E-state index contributed by atoms with van der Waals surface area (Å²) in [7, 11) is 0. The Balaban J connectivity index is 1.48. The predicted molar refractivity (Wildman–Crippen MR) is 113 cm³/mol. The number of hydrogen-bond acceptors (Lipinski definition) is 5. The van der Waals surface area contributed by atoms with Crippen LogP contribution in [0.4, 0.5) is 0 Å². The van der Waals surface area contributed by atoms with Gasteiger partial charge in [0.05, 0.1) is 18.6 Å². The van der Waals surface area contributed by atoms with E-state index in [1.807, 2.05) is 58.0 Å². The van der Waals surface area contributed by atoms with Crippen LogP contribution in [0.3, 0.4) is 0 Å². The third-order valence-corrected chi connectivity index (χ3v) is 5.11. The molecule has 9 nitrogen and oxygen atoms in total. The van der Waals surface area contributed by atoms with Gasteiger partial charge in [-0.05, 0) is 50.8 Å².